The van der Waals surface area contributed by atoms with Gasteiger partial charge in [0.25, 0.3) is 0 Å². The van der Waals surface area contributed by atoms with Gasteiger partial charge in [-0.1, -0.05) is 23.7 Å². The average molecular weight is 311 g/mol. The van der Waals surface area contributed by atoms with Crippen molar-refractivity contribution in [2.24, 2.45) is 11.7 Å². The summed E-state index contributed by atoms with van der Waals surface area (Å²) in [6, 6.07) is 7.98. The Labute approximate surface area is 130 Å². The molecule has 1 aromatic rings. The Balaban J connectivity index is 1.67. The zero-order valence-electron chi connectivity index (χ0n) is 12.2. The number of benzene rings is 1. The number of aliphatic hydroxyl groups excluding tert-OH is 1. The molecular formula is C16H23ClN2O2. The zero-order chi connectivity index (χ0) is 15.2. The highest BCUT2D eigenvalue weighted by Crippen LogP contribution is 2.21. The van der Waals surface area contributed by atoms with E-state index in [0.717, 1.165) is 50.3 Å². The van der Waals surface area contributed by atoms with E-state index in [1.807, 2.05) is 12.1 Å². The van der Waals surface area contributed by atoms with Crippen LogP contribution in [0.15, 0.2) is 24.3 Å². The second kappa shape index (κ2) is 7.78. The van der Waals surface area contributed by atoms with Crippen molar-refractivity contribution in [3.05, 3.63) is 34.9 Å². The van der Waals surface area contributed by atoms with Crippen LogP contribution in [0.1, 0.15) is 24.8 Å². The number of halogens is 1. The number of aryl methyl sites for hydroxylation is 1. The van der Waals surface area contributed by atoms with Gasteiger partial charge in [0.2, 0.25) is 5.91 Å². The predicted octanol–water partition coefficient (Wildman–Crippen LogP) is 1.83. The zero-order valence-corrected chi connectivity index (χ0v) is 12.9. The molecule has 1 amide bonds. The van der Waals surface area contributed by atoms with E-state index in [9.17, 15) is 9.90 Å². The van der Waals surface area contributed by atoms with E-state index in [4.69, 9.17) is 17.3 Å². The maximum absolute atomic E-state index is 11.0. The van der Waals surface area contributed by atoms with Crippen molar-refractivity contribution in [2.75, 3.05) is 19.6 Å². The third-order valence-corrected chi connectivity index (χ3v) is 4.48. The molecule has 1 aromatic carbocycles. The first kappa shape index (κ1) is 16.3. The molecule has 4 nitrogen and oxygen atoms in total. The number of nitrogens with zero attached hydrogens (tertiary/aromatic N) is 1. The number of piperidine rings is 1. The third-order valence-electron chi connectivity index (χ3n) is 4.22. The monoisotopic (exact) mass is 310 g/mol. The van der Waals surface area contributed by atoms with Gasteiger partial charge in [0, 0.05) is 5.02 Å². The molecule has 1 atom stereocenters. The fourth-order valence-corrected chi connectivity index (χ4v) is 3.01. The molecule has 116 valence electrons. The molecule has 1 heterocycles. The van der Waals surface area contributed by atoms with E-state index in [2.05, 4.69) is 17.0 Å². The Kier molecular flexibility index (Phi) is 6.03. The number of aliphatic hydroxyl groups is 1. The van der Waals surface area contributed by atoms with Crippen LogP contribution < -0.4 is 5.73 Å². The van der Waals surface area contributed by atoms with Gasteiger partial charge < -0.3 is 15.7 Å². The van der Waals surface area contributed by atoms with Crippen LogP contribution in [-0.2, 0) is 11.2 Å². The van der Waals surface area contributed by atoms with Crippen molar-refractivity contribution in [1.82, 2.24) is 4.90 Å². The van der Waals surface area contributed by atoms with Crippen molar-refractivity contribution in [3.63, 3.8) is 0 Å². The summed E-state index contributed by atoms with van der Waals surface area (Å²) in [5.74, 6) is -0.578. The lowest BCUT2D eigenvalue weighted by Crippen LogP contribution is -2.43. The van der Waals surface area contributed by atoms with Crippen LogP contribution in [0.3, 0.4) is 0 Å². The van der Waals surface area contributed by atoms with Crippen LogP contribution in [0.2, 0.25) is 5.02 Å². The van der Waals surface area contributed by atoms with Crippen LogP contribution in [0, 0.1) is 5.92 Å². The van der Waals surface area contributed by atoms with E-state index in [1.54, 1.807) is 0 Å². The second-order valence-electron chi connectivity index (χ2n) is 5.76. The highest BCUT2D eigenvalue weighted by molar-refractivity contribution is 6.30. The first-order valence-electron chi connectivity index (χ1n) is 7.50. The molecule has 0 aromatic heterocycles. The molecule has 1 fully saturated rings. The summed E-state index contributed by atoms with van der Waals surface area (Å²) in [4.78, 5) is 13.4. The summed E-state index contributed by atoms with van der Waals surface area (Å²) in [7, 11) is 0. The fourth-order valence-electron chi connectivity index (χ4n) is 2.88. The minimum absolute atomic E-state index is 0.0232. The molecule has 1 unspecified atom stereocenters. The first-order chi connectivity index (χ1) is 10.1. The molecule has 1 saturated heterocycles. The van der Waals surface area contributed by atoms with Crippen molar-refractivity contribution >= 4 is 17.5 Å². The number of nitrogens with two attached hydrogens (primary N) is 1. The number of likely N-dealkylation sites (tertiary alicyclic amines) is 1. The number of primary amides is 1. The minimum Gasteiger partial charge on any atom is -0.383 e. The van der Waals surface area contributed by atoms with E-state index in [1.165, 1.54) is 5.56 Å². The smallest absolute Gasteiger partial charge is 0.246 e. The van der Waals surface area contributed by atoms with E-state index in [-0.39, 0.29) is 5.92 Å². The first-order valence-corrected chi connectivity index (χ1v) is 7.88. The molecule has 0 saturated carbocycles. The van der Waals surface area contributed by atoms with E-state index < -0.39 is 12.0 Å². The number of carbonyl (C=O) groups excluding carboxylic acids is 1. The molecule has 3 N–H and O–H groups in total. The summed E-state index contributed by atoms with van der Waals surface area (Å²) in [6.07, 6.45) is 2.84. The van der Waals surface area contributed by atoms with E-state index in [0.29, 0.717) is 0 Å². The fraction of sp³-hybridized carbons (Fsp3) is 0.562. The number of hydrogen-bond donors (Lipinski definition) is 2. The Hall–Kier alpha value is -1.10. The summed E-state index contributed by atoms with van der Waals surface area (Å²) < 4.78 is 0. The molecule has 2 rings (SSSR count). The number of rotatable bonds is 6. The molecule has 0 spiro atoms. The van der Waals surface area contributed by atoms with Crippen LogP contribution in [0.25, 0.3) is 0 Å². The maximum Gasteiger partial charge on any atom is 0.246 e. The molecule has 21 heavy (non-hydrogen) atoms. The third kappa shape index (κ3) is 4.99. The van der Waals surface area contributed by atoms with Crippen molar-refractivity contribution < 1.29 is 9.90 Å². The highest BCUT2D eigenvalue weighted by atomic mass is 35.5. The molecule has 1 aliphatic heterocycles. The Morgan fingerprint density at radius 1 is 1.33 bits per heavy atom. The van der Waals surface area contributed by atoms with Gasteiger partial charge in [-0.05, 0) is 68.9 Å². The van der Waals surface area contributed by atoms with Crippen molar-refractivity contribution in [3.8, 4) is 0 Å². The maximum atomic E-state index is 11.0. The molecule has 5 heteroatoms. The Bertz CT molecular complexity index is 456. The number of amides is 1. The summed E-state index contributed by atoms with van der Waals surface area (Å²) in [6.45, 7) is 2.90. The predicted molar refractivity (Wildman–Crippen MR) is 84.1 cm³/mol. The normalized spacial score (nSPS) is 18.6. The van der Waals surface area contributed by atoms with Gasteiger partial charge in [-0.25, -0.2) is 0 Å². The lowest BCUT2D eigenvalue weighted by atomic mass is 9.91. The molecule has 1 aliphatic rings. The van der Waals surface area contributed by atoms with Crippen molar-refractivity contribution in [2.45, 2.75) is 31.8 Å². The largest absolute Gasteiger partial charge is 0.383 e. The topological polar surface area (TPSA) is 66.6 Å². The van der Waals surface area contributed by atoms with E-state index >= 15 is 0 Å². The second-order valence-corrected chi connectivity index (χ2v) is 6.19. The van der Waals surface area contributed by atoms with Gasteiger partial charge in [-0.3, -0.25) is 4.79 Å². The van der Waals surface area contributed by atoms with Gasteiger partial charge in [0.15, 0.2) is 0 Å². The minimum atomic E-state index is -0.985. The van der Waals surface area contributed by atoms with Gasteiger partial charge in [-0.2, -0.15) is 0 Å². The lowest BCUT2D eigenvalue weighted by molar-refractivity contribution is -0.129. The standard InChI is InChI=1S/C16H23ClN2O2/c17-14-5-3-12(4-6-14)2-1-9-19-10-7-13(8-11-19)15(20)16(18)21/h3-6,13,15,20H,1-2,7-11H2,(H2,18,21). The van der Waals surface area contributed by atoms with Gasteiger partial charge in [0.05, 0.1) is 0 Å². The van der Waals surface area contributed by atoms with Crippen molar-refractivity contribution in [1.29, 1.82) is 0 Å². The highest BCUT2D eigenvalue weighted by Gasteiger charge is 2.28. The summed E-state index contributed by atoms with van der Waals surface area (Å²) in [5, 5.41) is 10.5. The number of carbonyl (C=O) groups is 1. The Morgan fingerprint density at radius 3 is 2.52 bits per heavy atom. The van der Waals surface area contributed by atoms with Gasteiger partial charge >= 0.3 is 0 Å². The Morgan fingerprint density at radius 2 is 1.95 bits per heavy atom. The van der Waals surface area contributed by atoms with Gasteiger partial charge in [0.1, 0.15) is 6.10 Å². The quantitative estimate of drug-likeness (QED) is 0.842. The molecule has 0 aliphatic carbocycles. The van der Waals surface area contributed by atoms with Crippen LogP contribution >= 0.6 is 11.6 Å². The summed E-state index contributed by atoms with van der Waals surface area (Å²) in [5.41, 5.74) is 6.45. The molecule has 0 radical (unpaired) electrons. The van der Waals surface area contributed by atoms with Gasteiger partial charge in [-0.15, -0.1) is 0 Å². The molecule has 0 bridgehead atoms. The molecular weight excluding hydrogens is 288 g/mol. The average Bonchev–Trinajstić information content (AvgIpc) is 2.49. The lowest BCUT2D eigenvalue weighted by Gasteiger charge is -2.33. The number of hydrogen-bond acceptors (Lipinski definition) is 3. The summed E-state index contributed by atoms with van der Waals surface area (Å²) >= 11 is 5.87. The SMILES string of the molecule is NC(=O)C(O)C1CCN(CCCc2ccc(Cl)cc2)CC1. The van der Waals surface area contributed by atoms with Crippen LogP contribution in [0.5, 0.6) is 0 Å². The van der Waals surface area contributed by atoms with Crippen LogP contribution in [-0.4, -0.2) is 41.7 Å². The van der Waals surface area contributed by atoms with Crippen LogP contribution in [0.4, 0.5) is 0 Å².